The summed E-state index contributed by atoms with van der Waals surface area (Å²) in [5, 5.41) is 2.99. The van der Waals surface area contributed by atoms with Crippen LogP contribution in [-0.4, -0.2) is 25.1 Å². The number of pyridine rings is 1. The van der Waals surface area contributed by atoms with Gasteiger partial charge in [0.25, 0.3) is 0 Å². The molecule has 0 saturated heterocycles. The smallest absolute Gasteiger partial charge is 0.307 e. The van der Waals surface area contributed by atoms with Gasteiger partial charge in [0.2, 0.25) is 0 Å². The van der Waals surface area contributed by atoms with Crippen molar-refractivity contribution in [3.05, 3.63) is 29.8 Å². The van der Waals surface area contributed by atoms with Gasteiger partial charge in [0, 0.05) is 0 Å². The third-order valence-electron chi connectivity index (χ3n) is 2.57. The van der Waals surface area contributed by atoms with Gasteiger partial charge in [-0.2, -0.15) is 0 Å². The Morgan fingerprint density at radius 2 is 2.31 bits per heavy atom. The van der Waals surface area contributed by atoms with Gasteiger partial charge in [-0.1, -0.05) is 0 Å². The second kappa shape index (κ2) is 5.03. The normalized spacial score (nSPS) is 14.2. The predicted molar refractivity (Wildman–Crippen MR) is 57.2 cm³/mol. The summed E-state index contributed by atoms with van der Waals surface area (Å²) in [6.07, 6.45) is 1.26. The molecule has 0 fully saturated rings. The first-order valence-electron chi connectivity index (χ1n) is 4.89. The molecule has 0 aliphatic heterocycles. The molecule has 1 aromatic heterocycles. The number of carbonyl (C=O) groups is 1. The lowest BCUT2D eigenvalue weighted by molar-refractivity contribution is -0.142. The zero-order valence-electron chi connectivity index (χ0n) is 9.58. The average Bonchev–Trinajstić information content (AvgIpc) is 2.29. The van der Waals surface area contributed by atoms with Gasteiger partial charge >= 0.3 is 5.97 Å². The Bertz CT molecular complexity index is 367. The average molecular weight is 226 g/mol. The fourth-order valence-corrected chi connectivity index (χ4v) is 1.37. The summed E-state index contributed by atoms with van der Waals surface area (Å²) in [5.41, 5.74) is -0.0531. The number of esters is 1. The number of hydrogen-bond donors (Lipinski definition) is 1. The van der Waals surface area contributed by atoms with Crippen molar-refractivity contribution in [3.63, 3.8) is 0 Å². The molecule has 1 unspecified atom stereocenters. The molecule has 0 amide bonds. The Labute approximate surface area is 93.8 Å². The van der Waals surface area contributed by atoms with E-state index in [0.717, 1.165) is 6.20 Å². The van der Waals surface area contributed by atoms with Crippen LogP contribution in [-0.2, 0) is 15.1 Å². The first-order chi connectivity index (χ1) is 7.51. The van der Waals surface area contributed by atoms with E-state index in [4.69, 9.17) is 0 Å². The highest BCUT2D eigenvalue weighted by molar-refractivity contribution is 5.70. The number of rotatable bonds is 4. The van der Waals surface area contributed by atoms with Crippen molar-refractivity contribution in [2.24, 2.45) is 0 Å². The lowest BCUT2D eigenvalue weighted by Gasteiger charge is -2.27. The molecule has 1 rings (SSSR count). The highest BCUT2D eigenvalue weighted by Crippen LogP contribution is 2.22. The quantitative estimate of drug-likeness (QED) is 0.784. The summed E-state index contributed by atoms with van der Waals surface area (Å²) in [6.45, 7) is 1.81. The fraction of sp³-hybridized carbons (Fsp3) is 0.455. The van der Waals surface area contributed by atoms with E-state index in [1.54, 1.807) is 13.1 Å². The second-order valence-corrected chi connectivity index (χ2v) is 3.70. The van der Waals surface area contributed by atoms with Crippen LogP contribution in [0.5, 0.6) is 0 Å². The van der Waals surface area contributed by atoms with E-state index >= 15 is 0 Å². The second-order valence-electron chi connectivity index (χ2n) is 3.70. The van der Waals surface area contributed by atoms with Crippen LogP contribution in [0.2, 0.25) is 0 Å². The molecule has 1 atom stereocenters. The number of carbonyl (C=O) groups excluding carboxylic acids is 1. The van der Waals surface area contributed by atoms with Crippen LogP contribution < -0.4 is 5.32 Å². The zero-order chi connectivity index (χ0) is 12.2. The van der Waals surface area contributed by atoms with Gasteiger partial charge in [-0.3, -0.25) is 9.78 Å². The molecule has 0 radical (unpaired) electrons. The minimum atomic E-state index is -0.652. The molecule has 1 N–H and O–H groups in total. The number of aromatic nitrogens is 1. The van der Waals surface area contributed by atoms with Gasteiger partial charge < -0.3 is 10.1 Å². The van der Waals surface area contributed by atoms with E-state index in [1.165, 1.54) is 13.2 Å². The van der Waals surface area contributed by atoms with Crippen molar-refractivity contribution in [1.29, 1.82) is 0 Å². The topological polar surface area (TPSA) is 51.2 Å². The maximum Gasteiger partial charge on any atom is 0.307 e. The van der Waals surface area contributed by atoms with Crippen LogP contribution in [0.4, 0.5) is 4.39 Å². The third-order valence-corrected chi connectivity index (χ3v) is 2.57. The number of methoxy groups -OCH3 is 1. The molecular formula is C11H15FN2O2. The number of ether oxygens (including phenoxy) is 1. The highest BCUT2D eigenvalue weighted by atomic mass is 19.1. The standard InChI is InChI=1S/C11H15FN2O2/c1-11(13-2,6-10(15)16-3)9-5-4-8(12)7-14-9/h4-5,7,13H,6H2,1-3H3. The molecule has 0 saturated carbocycles. The van der Waals surface area contributed by atoms with Crippen molar-refractivity contribution in [2.45, 2.75) is 18.9 Å². The number of nitrogens with zero attached hydrogens (tertiary/aromatic N) is 1. The van der Waals surface area contributed by atoms with Crippen LogP contribution in [0.25, 0.3) is 0 Å². The molecule has 0 bridgehead atoms. The number of nitrogens with one attached hydrogen (secondary N) is 1. The van der Waals surface area contributed by atoms with Crippen molar-refractivity contribution < 1.29 is 13.9 Å². The zero-order valence-corrected chi connectivity index (χ0v) is 9.58. The summed E-state index contributed by atoms with van der Waals surface area (Å²) in [4.78, 5) is 15.2. The van der Waals surface area contributed by atoms with Crippen LogP contribution >= 0.6 is 0 Å². The van der Waals surface area contributed by atoms with E-state index in [1.807, 2.05) is 6.92 Å². The van der Waals surface area contributed by atoms with Crippen molar-refractivity contribution in [3.8, 4) is 0 Å². The van der Waals surface area contributed by atoms with Gasteiger partial charge in [0.15, 0.2) is 0 Å². The van der Waals surface area contributed by atoms with Crippen molar-refractivity contribution in [1.82, 2.24) is 10.3 Å². The van der Waals surface area contributed by atoms with Gasteiger partial charge in [0.05, 0.1) is 31.0 Å². The maximum atomic E-state index is 12.7. The lowest BCUT2D eigenvalue weighted by Crippen LogP contribution is -2.40. The monoisotopic (exact) mass is 226 g/mol. The first kappa shape index (κ1) is 12.6. The largest absolute Gasteiger partial charge is 0.469 e. The maximum absolute atomic E-state index is 12.7. The van der Waals surface area contributed by atoms with E-state index in [-0.39, 0.29) is 12.4 Å². The SMILES string of the molecule is CNC(C)(CC(=O)OC)c1ccc(F)cn1. The van der Waals surface area contributed by atoms with Crippen LogP contribution in [0.15, 0.2) is 18.3 Å². The summed E-state index contributed by atoms with van der Waals surface area (Å²) in [7, 11) is 3.05. The first-order valence-corrected chi connectivity index (χ1v) is 4.89. The van der Waals surface area contributed by atoms with E-state index in [2.05, 4.69) is 15.0 Å². The summed E-state index contributed by atoms with van der Waals surface area (Å²) < 4.78 is 17.3. The lowest BCUT2D eigenvalue weighted by atomic mass is 9.93. The Balaban J connectivity index is 2.95. The van der Waals surface area contributed by atoms with Crippen LogP contribution in [0, 0.1) is 5.82 Å². The molecule has 0 aliphatic rings. The van der Waals surface area contributed by atoms with E-state index in [9.17, 15) is 9.18 Å². The van der Waals surface area contributed by atoms with E-state index < -0.39 is 11.4 Å². The molecule has 1 heterocycles. The molecule has 0 aliphatic carbocycles. The molecular weight excluding hydrogens is 211 g/mol. The molecule has 16 heavy (non-hydrogen) atoms. The van der Waals surface area contributed by atoms with Crippen LogP contribution in [0.3, 0.4) is 0 Å². The summed E-state index contributed by atoms with van der Waals surface area (Å²) >= 11 is 0. The molecule has 4 nitrogen and oxygen atoms in total. The van der Waals surface area contributed by atoms with Gasteiger partial charge in [-0.25, -0.2) is 4.39 Å². The summed E-state index contributed by atoms with van der Waals surface area (Å²) in [5.74, 6) is -0.747. The minimum absolute atomic E-state index is 0.138. The fourth-order valence-electron chi connectivity index (χ4n) is 1.37. The molecule has 0 spiro atoms. The molecule has 5 heteroatoms. The molecule has 88 valence electrons. The Hall–Kier alpha value is -1.49. The van der Waals surface area contributed by atoms with Gasteiger partial charge in [-0.15, -0.1) is 0 Å². The van der Waals surface area contributed by atoms with Crippen molar-refractivity contribution in [2.75, 3.05) is 14.2 Å². The van der Waals surface area contributed by atoms with E-state index in [0.29, 0.717) is 5.69 Å². The predicted octanol–water partition coefficient (Wildman–Crippen LogP) is 1.22. The minimum Gasteiger partial charge on any atom is -0.469 e. The molecule has 1 aromatic rings. The third kappa shape index (κ3) is 2.76. The Kier molecular flexibility index (Phi) is 3.95. The highest BCUT2D eigenvalue weighted by Gasteiger charge is 2.29. The Morgan fingerprint density at radius 1 is 1.62 bits per heavy atom. The van der Waals surface area contributed by atoms with Crippen molar-refractivity contribution >= 4 is 5.97 Å². The Morgan fingerprint density at radius 3 is 2.75 bits per heavy atom. The van der Waals surface area contributed by atoms with Gasteiger partial charge in [-0.05, 0) is 26.1 Å². The van der Waals surface area contributed by atoms with Crippen LogP contribution in [0.1, 0.15) is 19.0 Å². The molecule has 0 aromatic carbocycles. The number of halogens is 1. The number of hydrogen-bond acceptors (Lipinski definition) is 4. The summed E-state index contributed by atoms with van der Waals surface area (Å²) in [6, 6.07) is 2.87. The van der Waals surface area contributed by atoms with Gasteiger partial charge in [0.1, 0.15) is 5.82 Å².